The lowest BCUT2D eigenvalue weighted by Crippen LogP contribution is -2.17. The minimum Gasteiger partial charge on any atom is -0.322 e. The van der Waals surface area contributed by atoms with Crippen LogP contribution in [0.1, 0.15) is 27.2 Å². The first-order valence-corrected chi connectivity index (χ1v) is 14.4. The molecule has 0 bridgehead atoms. The van der Waals surface area contributed by atoms with Gasteiger partial charge in [-0.2, -0.15) is 5.26 Å². The summed E-state index contributed by atoms with van der Waals surface area (Å²) >= 11 is 1.21. The van der Waals surface area contributed by atoms with E-state index in [9.17, 15) is 18.5 Å². The Balaban J connectivity index is 1.65. The summed E-state index contributed by atoms with van der Waals surface area (Å²) in [5, 5.41) is 13.4. The molecule has 0 fully saturated rings. The van der Waals surface area contributed by atoms with Crippen molar-refractivity contribution in [3.05, 3.63) is 113 Å². The molecule has 0 atom stereocenters. The van der Waals surface area contributed by atoms with Gasteiger partial charge >= 0.3 is 0 Å². The Morgan fingerprint density at radius 3 is 2.16 bits per heavy atom. The first kappa shape index (κ1) is 26.1. The Labute approximate surface area is 221 Å². The molecule has 6 nitrogen and oxygen atoms in total. The number of amides is 1. The second kappa shape index (κ2) is 11.9. The molecule has 3 aromatic carbocycles. The van der Waals surface area contributed by atoms with E-state index in [2.05, 4.69) is 16.4 Å². The number of nitrogens with zero attached hydrogens (tertiary/aromatic N) is 2. The Kier molecular flexibility index (Phi) is 8.39. The van der Waals surface area contributed by atoms with E-state index >= 15 is 0 Å². The second-order valence-corrected chi connectivity index (χ2v) is 11.6. The van der Waals surface area contributed by atoms with E-state index in [4.69, 9.17) is 0 Å². The van der Waals surface area contributed by atoms with Crippen LogP contribution < -0.4 is 5.32 Å². The van der Waals surface area contributed by atoms with E-state index in [0.29, 0.717) is 33.1 Å². The number of aryl methyl sites for hydroxylation is 1. The van der Waals surface area contributed by atoms with Gasteiger partial charge < -0.3 is 5.32 Å². The van der Waals surface area contributed by atoms with E-state index < -0.39 is 9.84 Å². The van der Waals surface area contributed by atoms with Crippen molar-refractivity contribution >= 4 is 33.2 Å². The molecule has 0 saturated carbocycles. The quantitative estimate of drug-likeness (QED) is 0.273. The van der Waals surface area contributed by atoms with E-state index in [0.717, 1.165) is 5.56 Å². The van der Waals surface area contributed by atoms with Crippen molar-refractivity contribution in [2.24, 2.45) is 0 Å². The third kappa shape index (κ3) is 6.64. The summed E-state index contributed by atoms with van der Waals surface area (Å²) in [7, 11) is -3.35. The van der Waals surface area contributed by atoms with Gasteiger partial charge in [0, 0.05) is 17.0 Å². The molecule has 0 aliphatic carbocycles. The molecule has 8 heteroatoms. The van der Waals surface area contributed by atoms with Gasteiger partial charge in [-0.3, -0.25) is 4.79 Å². The maximum atomic E-state index is 13.4. The molecule has 4 rings (SSSR count). The fourth-order valence-electron chi connectivity index (χ4n) is 3.94. The minimum atomic E-state index is -3.35. The summed E-state index contributed by atoms with van der Waals surface area (Å²) in [6.45, 7) is 1.73. The number of hydrogen-bond donors (Lipinski definition) is 1. The maximum absolute atomic E-state index is 13.4. The number of sulfone groups is 1. The predicted molar refractivity (Wildman–Crippen MR) is 148 cm³/mol. The van der Waals surface area contributed by atoms with Gasteiger partial charge in [0.2, 0.25) is 0 Å². The number of carbonyl (C=O) groups excluding carboxylic acids is 1. The summed E-state index contributed by atoms with van der Waals surface area (Å²) in [5.74, 6) is -0.233. The molecule has 186 valence electrons. The number of thioether (sulfide) groups is 1. The van der Waals surface area contributed by atoms with Crippen LogP contribution in [0.25, 0.3) is 11.1 Å². The van der Waals surface area contributed by atoms with Gasteiger partial charge in [0.05, 0.1) is 28.3 Å². The van der Waals surface area contributed by atoms with Crippen LogP contribution in [0.15, 0.2) is 96.0 Å². The minimum absolute atomic E-state index is 0.0418. The number of nitrogens with one attached hydrogen (secondary N) is 1. The zero-order valence-electron chi connectivity index (χ0n) is 20.2. The largest absolute Gasteiger partial charge is 0.322 e. The molecular formula is C29H25N3O3S2. The van der Waals surface area contributed by atoms with Gasteiger partial charge in [0.1, 0.15) is 11.1 Å². The van der Waals surface area contributed by atoms with Crippen molar-refractivity contribution in [2.45, 2.75) is 17.7 Å². The summed E-state index contributed by atoms with van der Waals surface area (Å²) < 4.78 is 25.3. The summed E-state index contributed by atoms with van der Waals surface area (Å²) in [6.07, 6.45) is 0. The fourth-order valence-corrected chi connectivity index (χ4v) is 6.82. The van der Waals surface area contributed by atoms with E-state index in [1.165, 1.54) is 11.8 Å². The van der Waals surface area contributed by atoms with Gasteiger partial charge in [0.25, 0.3) is 5.91 Å². The standard InChI is InChI=1S/C29H25N3O3S2/c1-21-26(28(33)32-24-15-9-4-10-16-24)27(23-13-7-3-8-14-23)25(19-30)29(31-21)36-17-18-37(34,35)20-22-11-5-2-6-12-22/h2-16H,17-18,20H2,1H3,(H,32,33). The average Bonchev–Trinajstić information content (AvgIpc) is 2.89. The molecular weight excluding hydrogens is 502 g/mol. The maximum Gasteiger partial charge on any atom is 0.258 e. The topological polar surface area (TPSA) is 99.9 Å². The van der Waals surface area contributed by atoms with E-state index in [1.54, 1.807) is 31.2 Å². The lowest BCUT2D eigenvalue weighted by molar-refractivity contribution is 0.102. The highest BCUT2D eigenvalue weighted by Crippen LogP contribution is 2.35. The Hall–Kier alpha value is -3.93. The normalized spacial score (nSPS) is 11.0. The van der Waals surface area contributed by atoms with Crippen molar-refractivity contribution < 1.29 is 13.2 Å². The van der Waals surface area contributed by atoms with Crippen LogP contribution in [0.3, 0.4) is 0 Å². The van der Waals surface area contributed by atoms with Crippen LogP contribution in [-0.2, 0) is 15.6 Å². The summed E-state index contributed by atoms with van der Waals surface area (Å²) in [4.78, 5) is 18.0. The third-order valence-electron chi connectivity index (χ3n) is 5.64. The van der Waals surface area contributed by atoms with Crippen LogP contribution >= 0.6 is 11.8 Å². The molecule has 0 spiro atoms. The molecule has 37 heavy (non-hydrogen) atoms. The number of para-hydroxylation sites is 1. The van der Waals surface area contributed by atoms with Crippen molar-refractivity contribution in [1.82, 2.24) is 4.98 Å². The van der Waals surface area contributed by atoms with Crippen molar-refractivity contribution in [3.63, 3.8) is 0 Å². The van der Waals surface area contributed by atoms with E-state index in [-0.39, 0.29) is 28.7 Å². The Morgan fingerprint density at radius 1 is 0.946 bits per heavy atom. The Bertz CT molecular complexity index is 1530. The van der Waals surface area contributed by atoms with Crippen LogP contribution in [0, 0.1) is 18.3 Å². The van der Waals surface area contributed by atoms with Gasteiger partial charge in [-0.1, -0.05) is 78.9 Å². The first-order valence-electron chi connectivity index (χ1n) is 11.6. The van der Waals surface area contributed by atoms with Crippen molar-refractivity contribution in [3.8, 4) is 17.2 Å². The third-order valence-corrected chi connectivity index (χ3v) is 8.48. The zero-order chi connectivity index (χ0) is 26.3. The molecule has 1 aromatic heterocycles. The number of aromatic nitrogens is 1. The first-order chi connectivity index (χ1) is 17.9. The predicted octanol–water partition coefficient (Wildman–Crippen LogP) is 5.89. The lowest BCUT2D eigenvalue weighted by atomic mass is 9.94. The lowest BCUT2D eigenvalue weighted by Gasteiger charge is -2.17. The second-order valence-electron chi connectivity index (χ2n) is 8.35. The van der Waals surface area contributed by atoms with Gasteiger partial charge in [0.15, 0.2) is 9.84 Å². The molecule has 1 N–H and O–H groups in total. The molecule has 1 amide bonds. The van der Waals surface area contributed by atoms with Gasteiger partial charge in [-0.05, 0) is 30.2 Å². The number of pyridine rings is 1. The van der Waals surface area contributed by atoms with Crippen molar-refractivity contribution in [1.29, 1.82) is 5.26 Å². The number of hydrogen-bond acceptors (Lipinski definition) is 6. The number of carbonyl (C=O) groups is 1. The molecule has 0 saturated heterocycles. The van der Waals surface area contributed by atoms with Crippen LogP contribution in [0.5, 0.6) is 0 Å². The molecule has 4 aromatic rings. The van der Waals surface area contributed by atoms with Crippen LogP contribution in [0.2, 0.25) is 0 Å². The molecule has 1 heterocycles. The van der Waals surface area contributed by atoms with E-state index in [1.807, 2.05) is 66.7 Å². The average molecular weight is 528 g/mol. The van der Waals surface area contributed by atoms with Crippen LogP contribution in [-0.4, -0.2) is 30.8 Å². The van der Waals surface area contributed by atoms with Gasteiger partial charge in [-0.25, -0.2) is 13.4 Å². The molecule has 0 unspecified atom stereocenters. The van der Waals surface area contributed by atoms with Gasteiger partial charge in [-0.15, -0.1) is 11.8 Å². The van der Waals surface area contributed by atoms with Crippen molar-refractivity contribution in [2.75, 3.05) is 16.8 Å². The molecule has 0 radical (unpaired) electrons. The molecule has 0 aliphatic heterocycles. The smallest absolute Gasteiger partial charge is 0.258 e. The highest BCUT2D eigenvalue weighted by molar-refractivity contribution is 8.00. The number of nitriles is 1. The van der Waals surface area contributed by atoms with Crippen LogP contribution in [0.4, 0.5) is 5.69 Å². The highest BCUT2D eigenvalue weighted by atomic mass is 32.2. The monoisotopic (exact) mass is 527 g/mol. The fraction of sp³-hybridized carbons (Fsp3) is 0.138. The summed E-state index contributed by atoms with van der Waals surface area (Å²) in [5.41, 5.74) is 3.58. The summed E-state index contributed by atoms with van der Waals surface area (Å²) in [6, 6.07) is 29.6. The number of benzene rings is 3. The zero-order valence-corrected chi connectivity index (χ0v) is 21.9. The number of rotatable bonds is 9. The molecule has 0 aliphatic rings. The Morgan fingerprint density at radius 2 is 1.54 bits per heavy atom. The number of anilines is 1. The highest BCUT2D eigenvalue weighted by Gasteiger charge is 2.25. The SMILES string of the molecule is Cc1nc(SCCS(=O)(=O)Cc2ccccc2)c(C#N)c(-c2ccccc2)c1C(=O)Nc1ccccc1.